The van der Waals surface area contributed by atoms with E-state index in [1.807, 2.05) is 0 Å². The highest BCUT2D eigenvalue weighted by atomic mass is 16.5. The molecule has 2 fully saturated rings. The topological polar surface area (TPSA) is 47.3 Å². The maximum atomic E-state index is 6.01. The van der Waals surface area contributed by atoms with Crippen LogP contribution in [0.5, 0.6) is 0 Å². The molecule has 0 radical (unpaired) electrons. The zero-order chi connectivity index (χ0) is 9.10. The first-order valence-corrected chi connectivity index (χ1v) is 5.45. The Kier molecular flexibility index (Phi) is 3.19. The lowest BCUT2D eigenvalue weighted by molar-refractivity contribution is 0.0549. The molecule has 3 N–H and O–H groups in total. The van der Waals surface area contributed by atoms with Crippen LogP contribution in [0.1, 0.15) is 32.1 Å². The molecule has 1 aliphatic heterocycles. The van der Waals surface area contributed by atoms with Crippen LogP contribution in [0.4, 0.5) is 0 Å². The Morgan fingerprint density at radius 3 is 2.62 bits per heavy atom. The van der Waals surface area contributed by atoms with Crippen molar-refractivity contribution >= 4 is 0 Å². The molecule has 0 bridgehead atoms. The maximum Gasteiger partial charge on any atom is 0.0634 e. The van der Waals surface area contributed by atoms with Gasteiger partial charge < -0.3 is 15.8 Å². The van der Waals surface area contributed by atoms with Crippen molar-refractivity contribution in [3.8, 4) is 0 Å². The fourth-order valence-electron chi connectivity index (χ4n) is 2.32. The van der Waals surface area contributed by atoms with Crippen molar-refractivity contribution in [3.05, 3.63) is 0 Å². The normalized spacial score (nSPS) is 36.7. The van der Waals surface area contributed by atoms with Gasteiger partial charge in [-0.1, -0.05) is 12.8 Å². The molecule has 1 aliphatic carbocycles. The summed E-state index contributed by atoms with van der Waals surface area (Å²) in [7, 11) is 0. The molecule has 76 valence electrons. The number of hydrogen-bond acceptors (Lipinski definition) is 3. The molecular formula is C10H20N2O. The molecule has 0 spiro atoms. The van der Waals surface area contributed by atoms with Crippen molar-refractivity contribution in [1.29, 1.82) is 0 Å². The average Bonchev–Trinajstić information content (AvgIpc) is 2.61. The van der Waals surface area contributed by atoms with E-state index in [-0.39, 0.29) is 0 Å². The van der Waals surface area contributed by atoms with Crippen LogP contribution in [-0.4, -0.2) is 31.3 Å². The van der Waals surface area contributed by atoms with Gasteiger partial charge in [0.05, 0.1) is 6.61 Å². The lowest BCUT2D eigenvalue weighted by Gasteiger charge is -2.31. The van der Waals surface area contributed by atoms with Gasteiger partial charge in [-0.05, 0) is 19.3 Å². The Balaban J connectivity index is 1.78. The van der Waals surface area contributed by atoms with Gasteiger partial charge in [-0.2, -0.15) is 0 Å². The maximum absolute atomic E-state index is 6.01. The molecule has 1 saturated heterocycles. The Morgan fingerprint density at radius 2 is 1.92 bits per heavy atom. The Labute approximate surface area is 80.0 Å². The van der Waals surface area contributed by atoms with E-state index < -0.39 is 0 Å². The van der Waals surface area contributed by atoms with E-state index in [9.17, 15) is 0 Å². The molecule has 0 aromatic rings. The van der Waals surface area contributed by atoms with Gasteiger partial charge in [0, 0.05) is 24.7 Å². The second kappa shape index (κ2) is 4.40. The van der Waals surface area contributed by atoms with Crippen LogP contribution in [0, 0.1) is 0 Å². The van der Waals surface area contributed by atoms with Crippen molar-refractivity contribution in [3.63, 3.8) is 0 Å². The van der Waals surface area contributed by atoms with Crippen LogP contribution >= 0.6 is 0 Å². The van der Waals surface area contributed by atoms with E-state index in [1.165, 1.54) is 25.7 Å². The van der Waals surface area contributed by atoms with Crippen molar-refractivity contribution in [2.75, 3.05) is 13.2 Å². The van der Waals surface area contributed by atoms with E-state index in [0.29, 0.717) is 18.1 Å². The molecule has 2 rings (SSSR count). The third-order valence-corrected chi connectivity index (χ3v) is 3.21. The van der Waals surface area contributed by atoms with E-state index in [0.717, 1.165) is 19.6 Å². The smallest absolute Gasteiger partial charge is 0.0634 e. The van der Waals surface area contributed by atoms with E-state index in [2.05, 4.69) is 5.32 Å². The summed E-state index contributed by atoms with van der Waals surface area (Å²) >= 11 is 0. The van der Waals surface area contributed by atoms with Crippen LogP contribution in [-0.2, 0) is 4.74 Å². The lowest BCUT2D eigenvalue weighted by Crippen LogP contribution is -2.54. The number of rotatable bonds is 2. The fourth-order valence-corrected chi connectivity index (χ4v) is 2.32. The third kappa shape index (κ3) is 2.42. The second-order valence-electron chi connectivity index (χ2n) is 4.28. The number of nitrogens with one attached hydrogen (secondary N) is 1. The van der Waals surface area contributed by atoms with Gasteiger partial charge in [-0.3, -0.25) is 0 Å². The quantitative estimate of drug-likeness (QED) is 0.662. The van der Waals surface area contributed by atoms with Crippen molar-refractivity contribution in [2.24, 2.45) is 5.73 Å². The summed E-state index contributed by atoms with van der Waals surface area (Å²) in [5.41, 5.74) is 6.01. The predicted molar refractivity (Wildman–Crippen MR) is 52.6 cm³/mol. The second-order valence-corrected chi connectivity index (χ2v) is 4.28. The van der Waals surface area contributed by atoms with E-state index >= 15 is 0 Å². The molecule has 0 unspecified atom stereocenters. The van der Waals surface area contributed by atoms with Crippen LogP contribution in [0.2, 0.25) is 0 Å². The summed E-state index contributed by atoms with van der Waals surface area (Å²) < 4.78 is 5.42. The van der Waals surface area contributed by atoms with Gasteiger partial charge in [0.1, 0.15) is 0 Å². The standard InChI is InChI=1S/C10H20N2O/c11-9-5-6-13-7-10(9)12-8-3-1-2-4-8/h8-10,12H,1-7,11H2/t9-,10-/m1/s1. The molecule has 1 saturated carbocycles. The minimum Gasteiger partial charge on any atom is -0.380 e. The zero-order valence-corrected chi connectivity index (χ0v) is 8.17. The van der Waals surface area contributed by atoms with Gasteiger partial charge in [0.25, 0.3) is 0 Å². The van der Waals surface area contributed by atoms with Gasteiger partial charge in [-0.25, -0.2) is 0 Å². The lowest BCUT2D eigenvalue weighted by atomic mass is 10.0. The van der Waals surface area contributed by atoms with Gasteiger partial charge >= 0.3 is 0 Å². The van der Waals surface area contributed by atoms with Crippen molar-refractivity contribution < 1.29 is 4.74 Å². The molecule has 3 nitrogen and oxygen atoms in total. The Morgan fingerprint density at radius 1 is 1.15 bits per heavy atom. The minimum absolute atomic E-state index is 0.300. The first-order chi connectivity index (χ1) is 6.36. The van der Waals surface area contributed by atoms with Crippen molar-refractivity contribution in [1.82, 2.24) is 5.32 Å². The predicted octanol–water partition coefficient (Wildman–Crippen LogP) is 0.635. The first kappa shape index (κ1) is 9.44. The monoisotopic (exact) mass is 184 g/mol. The SMILES string of the molecule is N[C@@H]1CCOC[C@H]1NC1CCCC1. The third-order valence-electron chi connectivity index (χ3n) is 3.21. The molecule has 1 heterocycles. The molecule has 13 heavy (non-hydrogen) atoms. The largest absolute Gasteiger partial charge is 0.380 e. The molecule has 3 heteroatoms. The van der Waals surface area contributed by atoms with Gasteiger partial charge in [-0.15, -0.1) is 0 Å². The van der Waals surface area contributed by atoms with Crippen LogP contribution in [0.3, 0.4) is 0 Å². The van der Waals surface area contributed by atoms with Crippen molar-refractivity contribution in [2.45, 2.75) is 50.2 Å². The Hall–Kier alpha value is -0.120. The molecule has 0 amide bonds. The summed E-state index contributed by atoms with van der Waals surface area (Å²) in [4.78, 5) is 0. The fraction of sp³-hybridized carbons (Fsp3) is 1.00. The summed E-state index contributed by atoms with van der Waals surface area (Å²) in [6.45, 7) is 1.64. The molecule has 0 aromatic heterocycles. The number of ether oxygens (including phenoxy) is 1. The highest BCUT2D eigenvalue weighted by Gasteiger charge is 2.25. The highest BCUT2D eigenvalue weighted by molar-refractivity contribution is 4.86. The van der Waals surface area contributed by atoms with Gasteiger partial charge in [0.2, 0.25) is 0 Å². The summed E-state index contributed by atoms with van der Waals surface area (Å²) in [6, 6.07) is 1.41. The summed E-state index contributed by atoms with van der Waals surface area (Å²) in [5.74, 6) is 0. The molecular weight excluding hydrogens is 164 g/mol. The first-order valence-electron chi connectivity index (χ1n) is 5.45. The summed E-state index contributed by atoms with van der Waals surface area (Å²) in [5, 5.41) is 3.62. The average molecular weight is 184 g/mol. The zero-order valence-electron chi connectivity index (χ0n) is 8.17. The number of hydrogen-bond donors (Lipinski definition) is 2. The highest BCUT2D eigenvalue weighted by Crippen LogP contribution is 2.19. The minimum atomic E-state index is 0.300. The molecule has 2 aliphatic rings. The van der Waals surface area contributed by atoms with E-state index in [4.69, 9.17) is 10.5 Å². The van der Waals surface area contributed by atoms with E-state index in [1.54, 1.807) is 0 Å². The van der Waals surface area contributed by atoms with Crippen LogP contribution in [0.25, 0.3) is 0 Å². The summed E-state index contributed by atoms with van der Waals surface area (Å²) in [6.07, 6.45) is 6.40. The van der Waals surface area contributed by atoms with Crippen LogP contribution < -0.4 is 11.1 Å². The van der Waals surface area contributed by atoms with Gasteiger partial charge in [0.15, 0.2) is 0 Å². The number of nitrogens with two attached hydrogens (primary N) is 1. The molecule has 2 atom stereocenters. The Bertz CT molecular complexity index is 157. The van der Waals surface area contributed by atoms with Crippen LogP contribution in [0.15, 0.2) is 0 Å². The molecule has 0 aromatic carbocycles.